The Bertz CT molecular complexity index is 400. The summed E-state index contributed by atoms with van der Waals surface area (Å²) in [4.78, 5) is 11.9. The lowest BCUT2D eigenvalue weighted by Crippen LogP contribution is -2.45. The number of rotatable bonds is 3. The summed E-state index contributed by atoms with van der Waals surface area (Å²) in [5.41, 5.74) is 0. The van der Waals surface area contributed by atoms with Crippen LogP contribution in [-0.4, -0.2) is 45.0 Å². The molecule has 3 unspecified atom stereocenters. The molecule has 6 heteroatoms. The van der Waals surface area contributed by atoms with Gasteiger partial charge in [0, 0.05) is 19.1 Å². The molecular formula is C12H22N2O3S. The molecule has 1 amide bonds. The number of nitrogens with one attached hydrogen (secondary N) is 2. The van der Waals surface area contributed by atoms with Crippen molar-refractivity contribution in [3.8, 4) is 0 Å². The van der Waals surface area contributed by atoms with Crippen molar-refractivity contribution in [2.45, 2.75) is 32.2 Å². The van der Waals surface area contributed by atoms with Crippen molar-refractivity contribution in [3.05, 3.63) is 0 Å². The molecule has 2 rings (SSSR count). The number of piperidine rings is 1. The molecule has 0 saturated carbocycles. The van der Waals surface area contributed by atoms with Gasteiger partial charge in [-0.05, 0) is 32.1 Å². The van der Waals surface area contributed by atoms with Crippen LogP contribution in [0.1, 0.15) is 26.2 Å². The normalized spacial score (nSPS) is 35.3. The van der Waals surface area contributed by atoms with Crippen molar-refractivity contribution < 1.29 is 13.2 Å². The summed E-state index contributed by atoms with van der Waals surface area (Å²) in [6, 6.07) is 0.494. The van der Waals surface area contributed by atoms with Crippen LogP contribution in [0.3, 0.4) is 0 Å². The Hall–Kier alpha value is -0.620. The van der Waals surface area contributed by atoms with Gasteiger partial charge in [-0.2, -0.15) is 0 Å². The van der Waals surface area contributed by atoms with E-state index in [0.717, 1.165) is 19.4 Å². The Morgan fingerprint density at radius 1 is 1.33 bits per heavy atom. The maximum absolute atomic E-state index is 11.9. The Balaban J connectivity index is 1.72. The van der Waals surface area contributed by atoms with Crippen LogP contribution in [-0.2, 0) is 14.6 Å². The van der Waals surface area contributed by atoms with Gasteiger partial charge in [-0.25, -0.2) is 8.42 Å². The lowest BCUT2D eigenvalue weighted by atomic mass is 9.94. The van der Waals surface area contributed by atoms with E-state index in [9.17, 15) is 13.2 Å². The van der Waals surface area contributed by atoms with E-state index in [1.54, 1.807) is 0 Å². The van der Waals surface area contributed by atoms with Gasteiger partial charge in [0.2, 0.25) is 5.91 Å². The fourth-order valence-electron chi connectivity index (χ4n) is 2.64. The summed E-state index contributed by atoms with van der Waals surface area (Å²) in [5, 5.41) is 6.20. The van der Waals surface area contributed by atoms with Crippen molar-refractivity contribution in [1.29, 1.82) is 0 Å². The average Bonchev–Trinajstić information content (AvgIpc) is 2.67. The number of amides is 1. The highest BCUT2D eigenvalue weighted by Crippen LogP contribution is 2.18. The smallest absolute Gasteiger partial charge is 0.224 e. The van der Waals surface area contributed by atoms with E-state index in [1.807, 2.05) is 0 Å². The molecule has 0 radical (unpaired) electrons. The first-order chi connectivity index (χ1) is 8.46. The highest BCUT2D eigenvalue weighted by molar-refractivity contribution is 7.91. The molecule has 2 heterocycles. The van der Waals surface area contributed by atoms with E-state index in [-0.39, 0.29) is 29.2 Å². The highest BCUT2D eigenvalue weighted by atomic mass is 32.2. The molecule has 0 aromatic carbocycles. The van der Waals surface area contributed by atoms with Crippen LogP contribution in [0.25, 0.3) is 0 Å². The molecule has 0 spiro atoms. The van der Waals surface area contributed by atoms with Gasteiger partial charge >= 0.3 is 0 Å². The van der Waals surface area contributed by atoms with Crippen LogP contribution in [0.2, 0.25) is 0 Å². The first kappa shape index (κ1) is 13.8. The minimum Gasteiger partial charge on any atom is -0.356 e. The molecule has 104 valence electrons. The maximum atomic E-state index is 11.9. The molecule has 2 saturated heterocycles. The van der Waals surface area contributed by atoms with Gasteiger partial charge in [0.1, 0.15) is 0 Å². The monoisotopic (exact) mass is 274 g/mol. The van der Waals surface area contributed by atoms with Crippen LogP contribution in [0, 0.1) is 11.8 Å². The molecule has 0 aliphatic carbocycles. The van der Waals surface area contributed by atoms with Crippen LogP contribution in [0.5, 0.6) is 0 Å². The molecule has 2 aliphatic heterocycles. The fourth-order valence-corrected chi connectivity index (χ4v) is 4.51. The third-order valence-electron chi connectivity index (χ3n) is 3.92. The lowest BCUT2D eigenvalue weighted by Gasteiger charge is -2.27. The van der Waals surface area contributed by atoms with Gasteiger partial charge in [0.15, 0.2) is 9.84 Å². The van der Waals surface area contributed by atoms with Gasteiger partial charge in [-0.1, -0.05) is 0 Å². The molecule has 0 aromatic heterocycles. The fraction of sp³-hybridized carbons (Fsp3) is 0.917. The highest BCUT2D eigenvalue weighted by Gasteiger charge is 2.29. The van der Waals surface area contributed by atoms with E-state index < -0.39 is 9.84 Å². The summed E-state index contributed by atoms with van der Waals surface area (Å²) < 4.78 is 22.6. The first-order valence-electron chi connectivity index (χ1n) is 6.68. The maximum Gasteiger partial charge on any atom is 0.224 e. The molecule has 2 aliphatic rings. The number of carbonyl (C=O) groups is 1. The third-order valence-corrected chi connectivity index (χ3v) is 5.76. The Labute approximate surface area is 109 Å². The second kappa shape index (κ2) is 5.57. The van der Waals surface area contributed by atoms with Gasteiger partial charge in [0.05, 0.1) is 17.4 Å². The lowest BCUT2D eigenvalue weighted by molar-refractivity contribution is -0.125. The van der Waals surface area contributed by atoms with E-state index >= 15 is 0 Å². The van der Waals surface area contributed by atoms with Gasteiger partial charge in [-0.3, -0.25) is 4.79 Å². The average molecular weight is 274 g/mol. The molecule has 3 atom stereocenters. The van der Waals surface area contributed by atoms with Gasteiger partial charge in [0.25, 0.3) is 0 Å². The largest absolute Gasteiger partial charge is 0.356 e. The van der Waals surface area contributed by atoms with E-state index in [1.165, 1.54) is 0 Å². The molecule has 5 nitrogen and oxygen atoms in total. The van der Waals surface area contributed by atoms with Crippen molar-refractivity contribution in [1.82, 2.24) is 10.6 Å². The minimum atomic E-state index is -2.84. The second-order valence-corrected chi connectivity index (χ2v) is 7.83. The minimum absolute atomic E-state index is 0.0409. The van der Waals surface area contributed by atoms with E-state index in [2.05, 4.69) is 17.6 Å². The summed E-state index contributed by atoms with van der Waals surface area (Å²) >= 11 is 0. The topological polar surface area (TPSA) is 75.3 Å². The van der Waals surface area contributed by atoms with Crippen LogP contribution in [0.4, 0.5) is 0 Å². The third kappa shape index (κ3) is 3.68. The summed E-state index contributed by atoms with van der Waals surface area (Å²) in [6.07, 6.45) is 2.63. The Morgan fingerprint density at radius 3 is 2.67 bits per heavy atom. The molecule has 18 heavy (non-hydrogen) atoms. The van der Waals surface area contributed by atoms with Gasteiger partial charge < -0.3 is 10.6 Å². The number of sulfone groups is 1. The van der Waals surface area contributed by atoms with Crippen molar-refractivity contribution in [2.75, 3.05) is 24.6 Å². The summed E-state index contributed by atoms with van der Waals surface area (Å²) in [7, 11) is -2.84. The second-order valence-electron chi connectivity index (χ2n) is 5.60. The molecule has 2 N–H and O–H groups in total. The molecule has 2 fully saturated rings. The predicted octanol–water partition coefficient (Wildman–Crippen LogP) is -0.0746. The standard InChI is InChI=1S/C12H22N2O3S/c1-9-2-3-11(7-13-9)12(15)14-6-10-4-5-18(16,17)8-10/h9-11,13H,2-8H2,1H3,(H,14,15). The van der Waals surface area contributed by atoms with E-state index in [0.29, 0.717) is 19.0 Å². The quantitative estimate of drug-likeness (QED) is 0.755. The summed E-state index contributed by atoms with van der Waals surface area (Å²) in [5.74, 6) is 0.718. The first-order valence-corrected chi connectivity index (χ1v) is 8.50. The van der Waals surface area contributed by atoms with Crippen molar-refractivity contribution >= 4 is 15.7 Å². The van der Waals surface area contributed by atoms with Crippen LogP contribution in [0.15, 0.2) is 0 Å². The van der Waals surface area contributed by atoms with Crippen LogP contribution < -0.4 is 10.6 Å². The van der Waals surface area contributed by atoms with Gasteiger partial charge in [-0.15, -0.1) is 0 Å². The SMILES string of the molecule is CC1CCC(C(=O)NCC2CCS(=O)(=O)C2)CN1. The van der Waals surface area contributed by atoms with Crippen molar-refractivity contribution in [3.63, 3.8) is 0 Å². The Kier molecular flexibility index (Phi) is 4.27. The van der Waals surface area contributed by atoms with Crippen molar-refractivity contribution in [2.24, 2.45) is 11.8 Å². The number of carbonyl (C=O) groups excluding carboxylic acids is 1. The Morgan fingerprint density at radius 2 is 2.11 bits per heavy atom. The predicted molar refractivity (Wildman–Crippen MR) is 70.0 cm³/mol. The summed E-state index contributed by atoms with van der Waals surface area (Å²) in [6.45, 7) is 3.36. The molecular weight excluding hydrogens is 252 g/mol. The number of hydrogen-bond acceptors (Lipinski definition) is 4. The zero-order valence-electron chi connectivity index (χ0n) is 10.8. The van der Waals surface area contributed by atoms with Crippen LogP contribution >= 0.6 is 0 Å². The molecule has 0 aromatic rings. The zero-order valence-corrected chi connectivity index (χ0v) is 11.6. The van der Waals surface area contributed by atoms with E-state index in [4.69, 9.17) is 0 Å². The number of hydrogen-bond donors (Lipinski definition) is 2. The molecule has 0 bridgehead atoms. The zero-order chi connectivity index (χ0) is 13.2.